The monoisotopic (exact) mass is 396 g/mol. The first kappa shape index (κ1) is 16.8. The summed E-state index contributed by atoms with van der Waals surface area (Å²) in [6, 6.07) is 28.6. The van der Waals surface area contributed by atoms with E-state index in [0.717, 1.165) is 11.3 Å². The van der Waals surface area contributed by atoms with E-state index in [2.05, 4.69) is 103 Å². The number of rotatable bonds is 1. The molecule has 7 aromatic rings. The van der Waals surface area contributed by atoms with Crippen molar-refractivity contribution in [3.8, 4) is 11.3 Å². The van der Waals surface area contributed by atoms with E-state index < -0.39 is 0 Å². The first-order valence-electron chi connectivity index (χ1n) is 10.7. The van der Waals surface area contributed by atoms with Crippen LogP contribution in [0.15, 0.2) is 85.1 Å². The summed E-state index contributed by atoms with van der Waals surface area (Å²) in [5.74, 6) is 0. The Hall–Kier alpha value is -3.91. The summed E-state index contributed by atoms with van der Waals surface area (Å²) in [5, 5.41) is 8.99. The third-order valence-corrected chi connectivity index (χ3v) is 6.79. The fraction of sp³-hybridized carbons (Fsp3) is 0.0690. The van der Waals surface area contributed by atoms with Gasteiger partial charge < -0.3 is 0 Å². The topological polar surface area (TPSA) is 17.3 Å². The predicted octanol–water partition coefficient (Wildman–Crippen LogP) is 7.67. The molecule has 2 aromatic heterocycles. The van der Waals surface area contributed by atoms with Gasteiger partial charge in [0.25, 0.3) is 0 Å². The van der Waals surface area contributed by atoms with Gasteiger partial charge in [0.1, 0.15) is 5.65 Å². The van der Waals surface area contributed by atoms with Crippen LogP contribution in [0.3, 0.4) is 0 Å². The van der Waals surface area contributed by atoms with Crippen LogP contribution in [0, 0.1) is 13.8 Å². The van der Waals surface area contributed by atoms with Gasteiger partial charge in [-0.25, -0.2) is 4.98 Å². The molecule has 31 heavy (non-hydrogen) atoms. The van der Waals surface area contributed by atoms with Gasteiger partial charge in [-0.2, -0.15) is 0 Å². The molecule has 2 heteroatoms. The van der Waals surface area contributed by atoms with E-state index in [9.17, 15) is 0 Å². The predicted molar refractivity (Wildman–Crippen MR) is 131 cm³/mol. The maximum atomic E-state index is 5.20. The second-order valence-corrected chi connectivity index (χ2v) is 8.60. The van der Waals surface area contributed by atoms with Crippen molar-refractivity contribution in [1.82, 2.24) is 9.38 Å². The Balaban J connectivity index is 1.76. The molecular weight excluding hydrogens is 376 g/mol. The van der Waals surface area contributed by atoms with Crippen molar-refractivity contribution in [2.24, 2.45) is 0 Å². The number of imidazole rings is 1. The zero-order chi connectivity index (χ0) is 20.7. The Labute approximate surface area is 179 Å². The molecule has 0 N–H and O–H groups in total. The van der Waals surface area contributed by atoms with Crippen LogP contribution in [0.4, 0.5) is 0 Å². The molecule has 7 rings (SSSR count). The average Bonchev–Trinajstić information content (AvgIpc) is 3.23. The van der Waals surface area contributed by atoms with Crippen LogP contribution < -0.4 is 0 Å². The highest BCUT2D eigenvalue weighted by molar-refractivity contribution is 6.30. The van der Waals surface area contributed by atoms with Gasteiger partial charge in [-0.15, -0.1) is 0 Å². The summed E-state index contributed by atoms with van der Waals surface area (Å²) in [6.45, 7) is 4.34. The molecule has 0 spiro atoms. The third-order valence-electron chi connectivity index (χ3n) is 6.79. The van der Waals surface area contributed by atoms with Crippen molar-refractivity contribution < 1.29 is 0 Å². The van der Waals surface area contributed by atoms with Gasteiger partial charge >= 0.3 is 0 Å². The Morgan fingerprint density at radius 2 is 1.39 bits per heavy atom. The molecule has 2 heterocycles. The smallest absolute Gasteiger partial charge is 0.145 e. The minimum atomic E-state index is 1.03. The van der Waals surface area contributed by atoms with Gasteiger partial charge in [0.15, 0.2) is 0 Å². The number of aryl methyl sites for hydroxylation is 2. The van der Waals surface area contributed by atoms with Crippen molar-refractivity contribution in [2.75, 3.05) is 0 Å². The maximum absolute atomic E-state index is 5.20. The van der Waals surface area contributed by atoms with Crippen LogP contribution in [0.1, 0.15) is 11.1 Å². The summed E-state index contributed by atoms with van der Waals surface area (Å²) in [5.41, 5.74) is 7.04. The van der Waals surface area contributed by atoms with Crippen LogP contribution in [-0.2, 0) is 0 Å². The molecule has 0 saturated carbocycles. The van der Waals surface area contributed by atoms with Gasteiger partial charge in [-0.1, -0.05) is 72.8 Å². The van der Waals surface area contributed by atoms with Gasteiger partial charge in [0.2, 0.25) is 0 Å². The van der Waals surface area contributed by atoms with Crippen LogP contribution in [-0.4, -0.2) is 9.38 Å². The number of benzene rings is 5. The molecule has 0 amide bonds. The van der Waals surface area contributed by atoms with Crippen molar-refractivity contribution in [2.45, 2.75) is 13.8 Å². The Bertz CT molecular complexity index is 1780. The zero-order valence-corrected chi connectivity index (χ0v) is 17.5. The zero-order valence-electron chi connectivity index (χ0n) is 17.5. The average molecular weight is 396 g/mol. The highest BCUT2D eigenvalue weighted by Gasteiger charge is 2.18. The van der Waals surface area contributed by atoms with Crippen LogP contribution >= 0.6 is 0 Å². The number of hydrogen-bond donors (Lipinski definition) is 0. The van der Waals surface area contributed by atoms with E-state index in [1.165, 1.54) is 59.9 Å². The molecule has 146 valence electrons. The van der Waals surface area contributed by atoms with Crippen molar-refractivity contribution in [3.63, 3.8) is 0 Å². The Morgan fingerprint density at radius 3 is 2.26 bits per heavy atom. The lowest BCUT2D eigenvalue weighted by Crippen LogP contribution is -1.93. The van der Waals surface area contributed by atoms with E-state index in [4.69, 9.17) is 4.98 Å². The number of fused-ring (bicyclic) bond motifs is 5. The quantitative estimate of drug-likeness (QED) is 0.206. The fourth-order valence-corrected chi connectivity index (χ4v) is 5.43. The highest BCUT2D eigenvalue weighted by Crippen LogP contribution is 2.41. The normalized spacial score (nSPS) is 12.2. The molecule has 0 atom stereocenters. The van der Waals surface area contributed by atoms with E-state index in [-0.39, 0.29) is 0 Å². The highest BCUT2D eigenvalue weighted by atomic mass is 15.0. The van der Waals surface area contributed by atoms with Crippen molar-refractivity contribution in [3.05, 3.63) is 96.2 Å². The molecule has 0 aliphatic carbocycles. The maximum Gasteiger partial charge on any atom is 0.145 e. The lowest BCUT2D eigenvalue weighted by Gasteiger charge is -2.15. The number of hydrogen-bond acceptors (Lipinski definition) is 1. The number of pyridine rings is 1. The first-order valence-corrected chi connectivity index (χ1v) is 10.7. The summed E-state index contributed by atoms with van der Waals surface area (Å²) in [7, 11) is 0. The van der Waals surface area contributed by atoms with Crippen molar-refractivity contribution >= 4 is 48.9 Å². The molecule has 0 radical (unpaired) electrons. The van der Waals surface area contributed by atoms with Gasteiger partial charge in [0, 0.05) is 27.9 Å². The molecule has 0 saturated heterocycles. The molecule has 0 bridgehead atoms. The second-order valence-electron chi connectivity index (χ2n) is 8.60. The van der Waals surface area contributed by atoms with E-state index in [1.54, 1.807) is 0 Å². The largest absolute Gasteiger partial charge is 0.298 e. The lowest BCUT2D eigenvalue weighted by molar-refractivity contribution is 1.28. The first-order chi connectivity index (χ1) is 15.2. The molecule has 0 aliphatic rings. The molecule has 5 aromatic carbocycles. The minimum Gasteiger partial charge on any atom is -0.298 e. The molecular formula is C29H20N2. The molecule has 0 fully saturated rings. The third kappa shape index (κ3) is 2.14. The van der Waals surface area contributed by atoms with Gasteiger partial charge in [-0.05, 0) is 52.6 Å². The van der Waals surface area contributed by atoms with E-state index >= 15 is 0 Å². The van der Waals surface area contributed by atoms with Crippen LogP contribution in [0.2, 0.25) is 0 Å². The van der Waals surface area contributed by atoms with Crippen LogP contribution in [0.25, 0.3) is 60.1 Å². The SMILES string of the molecule is Cc1cccc(C)c1-c1cn2c3cc4ccccc4c4ccc5cccc(c5c43)c2n1. The number of nitrogens with zero attached hydrogens (tertiary/aromatic N) is 2. The van der Waals surface area contributed by atoms with E-state index in [0.29, 0.717) is 0 Å². The van der Waals surface area contributed by atoms with Crippen LogP contribution in [0.5, 0.6) is 0 Å². The Morgan fingerprint density at radius 1 is 0.645 bits per heavy atom. The number of aromatic nitrogens is 2. The van der Waals surface area contributed by atoms with Gasteiger partial charge in [0.05, 0.1) is 11.2 Å². The Kier molecular flexibility index (Phi) is 3.17. The summed E-state index contributed by atoms with van der Waals surface area (Å²) in [4.78, 5) is 5.20. The minimum absolute atomic E-state index is 1.03. The molecule has 0 aliphatic heterocycles. The summed E-state index contributed by atoms with van der Waals surface area (Å²) < 4.78 is 2.30. The standard InChI is InChI=1S/C29H20N2/c1-17-7-5-8-18(2)26(17)24-16-31-25-15-20-9-3-4-11-21(20)22-14-13-19-10-6-12-23(29(31)30-24)27(19)28(22)25/h3-16H,1-2H3. The van der Waals surface area contributed by atoms with E-state index in [1.807, 2.05) is 0 Å². The summed E-state index contributed by atoms with van der Waals surface area (Å²) in [6.07, 6.45) is 2.23. The second kappa shape index (κ2) is 5.83. The lowest BCUT2D eigenvalue weighted by atomic mass is 9.93. The van der Waals surface area contributed by atoms with Crippen molar-refractivity contribution in [1.29, 1.82) is 0 Å². The fourth-order valence-electron chi connectivity index (χ4n) is 5.43. The molecule has 0 unspecified atom stereocenters. The molecule has 2 nitrogen and oxygen atoms in total. The summed E-state index contributed by atoms with van der Waals surface area (Å²) >= 11 is 0. The van der Waals surface area contributed by atoms with Gasteiger partial charge in [-0.3, -0.25) is 4.40 Å².